The van der Waals surface area contributed by atoms with Crippen molar-refractivity contribution in [3.8, 4) is 0 Å². The summed E-state index contributed by atoms with van der Waals surface area (Å²) in [6.45, 7) is 6.74. The van der Waals surface area contributed by atoms with E-state index in [1.54, 1.807) is 0 Å². The average Bonchev–Trinajstić information content (AvgIpc) is 2.12. The zero-order chi connectivity index (χ0) is 12.3. The highest BCUT2D eigenvalue weighted by Gasteiger charge is 2.30. The molecule has 1 rings (SSSR count). The van der Waals surface area contributed by atoms with Crippen molar-refractivity contribution in [3.05, 3.63) is 0 Å². The maximum atomic E-state index is 6.18. The molecule has 0 bridgehead atoms. The van der Waals surface area contributed by atoms with Crippen LogP contribution in [0.4, 0.5) is 0 Å². The molecule has 1 saturated heterocycles. The van der Waals surface area contributed by atoms with E-state index in [2.05, 4.69) is 44.8 Å². The maximum absolute atomic E-state index is 6.18. The number of piperidine rings is 1. The van der Waals surface area contributed by atoms with E-state index in [1.807, 2.05) is 0 Å². The van der Waals surface area contributed by atoms with Crippen LogP contribution in [0.3, 0.4) is 0 Å². The normalized spacial score (nSPS) is 26.1. The van der Waals surface area contributed by atoms with Gasteiger partial charge >= 0.3 is 0 Å². The molecule has 3 nitrogen and oxygen atoms in total. The SMILES string of the molecule is CN1CCCC(C(CC(C)(C)N)N(C)C)C1. The molecular formula is C13H29N3. The number of hydrogen-bond donors (Lipinski definition) is 1. The standard InChI is InChI=1S/C13H29N3/c1-13(2,14)9-12(15(3)4)11-7-6-8-16(5)10-11/h11-12H,6-10,14H2,1-5H3. The lowest BCUT2D eigenvalue weighted by atomic mass is 9.83. The van der Waals surface area contributed by atoms with Gasteiger partial charge in [0.25, 0.3) is 0 Å². The van der Waals surface area contributed by atoms with Crippen molar-refractivity contribution in [1.29, 1.82) is 0 Å². The number of nitrogens with two attached hydrogens (primary N) is 1. The predicted octanol–water partition coefficient (Wildman–Crippen LogP) is 1.39. The van der Waals surface area contributed by atoms with E-state index in [9.17, 15) is 0 Å². The molecule has 2 N–H and O–H groups in total. The summed E-state index contributed by atoms with van der Waals surface area (Å²) in [7, 11) is 6.60. The van der Waals surface area contributed by atoms with E-state index in [0.29, 0.717) is 6.04 Å². The van der Waals surface area contributed by atoms with Crippen LogP contribution in [0.5, 0.6) is 0 Å². The van der Waals surface area contributed by atoms with E-state index >= 15 is 0 Å². The molecule has 0 radical (unpaired) electrons. The minimum absolute atomic E-state index is 0.0645. The molecule has 3 heteroatoms. The first-order valence-electron chi connectivity index (χ1n) is 6.43. The van der Waals surface area contributed by atoms with Crippen LogP contribution >= 0.6 is 0 Å². The second-order valence-electron chi connectivity index (χ2n) is 6.39. The molecule has 0 amide bonds. The molecule has 16 heavy (non-hydrogen) atoms. The molecule has 1 heterocycles. The van der Waals surface area contributed by atoms with Crippen LogP contribution in [0.2, 0.25) is 0 Å². The highest BCUT2D eigenvalue weighted by molar-refractivity contribution is 4.88. The first kappa shape index (κ1) is 13.9. The lowest BCUT2D eigenvalue weighted by Gasteiger charge is -2.40. The van der Waals surface area contributed by atoms with Gasteiger partial charge in [-0.25, -0.2) is 0 Å². The number of rotatable bonds is 4. The third kappa shape index (κ3) is 4.40. The molecule has 1 fully saturated rings. The number of nitrogens with zero attached hydrogens (tertiary/aromatic N) is 2. The predicted molar refractivity (Wildman–Crippen MR) is 70.6 cm³/mol. The van der Waals surface area contributed by atoms with Gasteiger partial charge in [0.2, 0.25) is 0 Å². The van der Waals surface area contributed by atoms with Crippen molar-refractivity contribution in [2.45, 2.75) is 44.7 Å². The fourth-order valence-electron chi connectivity index (χ4n) is 2.83. The molecule has 0 aromatic rings. The highest BCUT2D eigenvalue weighted by atomic mass is 15.1. The Balaban J connectivity index is 2.62. The molecule has 0 spiro atoms. The highest BCUT2D eigenvalue weighted by Crippen LogP contribution is 2.26. The molecule has 1 aliphatic heterocycles. The summed E-state index contributed by atoms with van der Waals surface area (Å²) in [4.78, 5) is 4.81. The number of likely N-dealkylation sites (tertiary alicyclic amines) is 1. The van der Waals surface area contributed by atoms with Gasteiger partial charge in [-0.1, -0.05) is 0 Å². The average molecular weight is 227 g/mol. The van der Waals surface area contributed by atoms with Gasteiger partial charge < -0.3 is 15.5 Å². The van der Waals surface area contributed by atoms with Crippen molar-refractivity contribution in [2.24, 2.45) is 11.7 Å². The van der Waals surface area contributed by atoms with E-state index in [1.165, 1.54) is 25.9 Å². The Bertz CT molecular complexity index is 208. The third-order valence-electron chi connectivity index (χ3n) is 3.60. The molecule has 0 aliphatic carbocycles. The van der Waals surface area contributed by atoms with Crippen LogP contribution < -0.4 is 5.73 Å². The minimum atomic E-state index is -0.0645. The Morgan fingerprint density at radius 2 is 2.06 bits per heavy atom. The summed E-state index contributed by atoms with van der Waals surface area (Å²) < 4.78 is 0. The van der Waals surface area contributed by atoms with Crippen LogP contribution in [-0.2, 0) is 0 Å². The Kier molecular flexibility index (Phi) is 4.77. The number of hydrogen-bond acceptors (Lipinski definition) is 3. The van der Waals surface area contributed by atoms with Crippen LogP contribution in [0.1, 0.15) is 33.1 Å². The molecule has 2 atom stereocenters. The van der Waals surface area contributed by atoms with Gasteiger partial charge in [0.05, 0.1) is 0 Å². The van der Waals surface area contributed by atoms with Crippen molar-refractivity contribution in [3.63, 3.8) is 0 Å². The largest absolute Gasteiger partial charge is 0.326 e. The lowest BCUT2D eigenvalue weighted by molar-refractivity contribution is 0.103. The minimum Gasteiger partial charge on any atom is -0.326 e. The fraction of sp³-hybridized carbons (Fsp3) is 1.00. The summed E-state index contributed by atoms with van der Waals surface area (Å²) in [5.41, 5.74) is 6.11. The van der Waals surface area contributed by atoms with Gasteiger partial charge in [0.1, 0.15) is 0 Å². The monoisotopic (exact) mass is 227 g/mol. The third-order valence-corrected chi connectivity index (χ3v) is 3.60. The summed E-state index contributed by atoms with van der Waals surface area (Å²) in [5, 5.41) is 0. The summed E-state index contributed by atoms with van der Waals surface area (Å²) in [6.07, 6.45) is 3.76. The van der Waals surface area contributed by atoms with Crippen molar-refractivity contribution < 1.29 is 0 Å². The van der Waals surface area contributed by atoms with Gasteiger partial charge in [-0.15, -0.1) is 0 Å². The maximum Gasteiger partial charge on any atom is 0.0147 e. The zero-order valence-electron chi connectivity index (χ0n) is 11.7. The summed E-state index contributed by atoms with van der Waals surface area (Å²) >= 11 is 0. The summed E-state index contributed by atoms with van der Waals surface area (Å²) in [6, 6.07) is 0.614. The Morgan fingerprint density at radius 1 is 1.44 bits per heavy atom. The van der Waals surface area contributed by atoms with Crippen molar-refractivity contribution >= 4 is 0 Å². The van der Waals surface area contributed by atoms with Crippen LogP contribution in [-0.4, -0.2) is 55.6 Å². The zero-order valence-corrected chi connectivity index (χ0v) is 11.7. The second-order valence-corrected chi connectivity index (χ2v) is 6.39. The smallest absolute Gasteiger partial charge is 0.0147 e. The molecule has 0 aromatic heterocycles. The van der Waals surface area contributed by atoms with Gasteiger partial charge in [0, 0.05) is 18.1 Å². The first-order chi connectivity index (χ1) is 7.29. The lowest BCUT2D eigenvalue weighted by Crippen LogP contribution is -2.49. The summed E-state index contributed by atoms with van der Waals surface area (Å²) in [5.74, 6) is 0.775. The quantitative estimate of drug-likeness (QED) is 0.788. The molecule has 1 aliphatic rings. The Hall–Kier alpha value is -0.120. The molecule has 0 saturated carbocycles. The van der Waals surface area contributed by atoms with Crippen LogP contribution in [0, 0.1) is 5.92 Å². The Labute approximate surface area is 101 Å². The van der Waals surface area contributed by atoms with Crippen LogP contribution in [0.15, 0.2) is 0 Å². The van der Waals surface area contributed by atoms with Gasteiger partial charge in [-0.3, -0.25) is 0 Å². The van der Waals surface area contributed by atoms with Gasteiger partial charge in [-0.2, -0.15) is 0 Å². The molecule has 0 aromatic carbocycles. The van der Waals surface area contributed by atoms with Gasteiger partial charge in [0.15, 0.2) is 0 Å². The van der Waals surface area contributed by atoms with E-state index in [4.69, 9.17) is 5.73 Å². The first-order valence-corrected chi connectivity index (χ1v) is 6.43. The molecular weight excluding hydrogens is 198 g/mol. The van der Waals surface area contributed by atoms with E-state index in [0.717, 1.165) is 12.3 Å². The van der Waals surface area contributed by atoms with Crippen molar-refractivity contribution in [2.75, 3.05) is 34.2 Å². The van der Waals surface area contributed by atoms with Crippen molar-refractivity contribution in [1.82, 2.24) is 9.80 Å². The molecule has 2 unspecified atom stereocenters. The van der Waals surface area contributed by atoms with E-state index < -0.39 is 0 Å². The molecule has 96 valence electrons. The van der Waals surface area contributed by atoms with E-state index in [-0.39, 0.29) is 5.54 Å². The van der Waals surface area contributed by atoms with Gasteiger partial charge in [-0.05, 0) is 66.7 Å². The second kappa shape index (κ2) is 5.48. The Morgan fingerprint density at radius 3 is 2.50 bits per heavy atom. The topological polar surface area (TPSA) is 32.5 Å². The van der Waals surface area contributed by atoms with Crippen LogP contribution in [0.25, 0.3) is 0 Å². The fourth-order valence-corrected chi connectivity index (χ4v) is 2.83.